The van der Waals surface area contributed by atoms with Gasteiger partial charge in [0.2, 0.25) is 0 Å². The number of nitrogens with one attached hydrogen (secondary N) is 1. The third-order valence-corrected chi connectivity index (χ3v) is 6.18. The van der Waals surface area contributed by atoms with E-state index in [1.807, 2.05) is 6.07 Å². The van der Waals surface area contributed by atoms with Crippen molar-refractivity contribution in [2.45, 2.75) is 32.9 Å². The third kappa shape index (κ3) is 6.36. The molecule has 39 heavy (non-hydrogen) atoms. The van der Waals surface area contributed by atoms with Gasteiger partial charge in [-0.1, -0.05) is 0 Å². The van der Waals surface area contributed by atoms with Crippen LogP contribution in [0.1, 0.15) is 50.3 Å². The Balaban J connectivity index is 1.81. The van der Waals surface area contributed by atoms with Crippen LogP contribution >= 0.6 is 0 Å². The smallest absolute Gasteiger partial charge is 0.310 e. The number of esters is 1. The van der Waals surface area contributed by atoms with Crippen LogP contribution in [-0.4, -0.2) is 69.6 Å². The van der Waals surface area contributed by atoms with Crippen molar-refractivity contribution < 1.29 is 28.8 Å². The summed E-state index contributed by atoms with van der Waals surface area (Å²) in [6, 6.07) is 5.94. The fraction of sp³-hybridized carbons (Fsp3) is 0.346. The Bertz CT molecular complexity index is 1470. The molecule has 2 aromatic heterocycles. The molecule has 0 aliphatic heterocycles. The van der Waals surface area contributed by atoms with Crippen molar-refractivity contribution in [2.24, 2.45) is 7.05 Å². The number of ether oxygens (including phenoxy) is 2. The van der Waals surface area contributed by atoms with E-state index in [0.717, 1.165) is 0 Å². The number of nitriles is 1. The van der Waals surface area contributed by atoms with Crippen LogP contribution in [0.25, 0.3) is 11.1 Å². The summed E-state index contributed by atoms with van der Waals surface area (Å²) in [5.74, 6) is -1.01. The number of nitro benzene ring substituents is 1. The number of methoxy groups -OCH3 is 1. The zero-order valence-corrected chi connectivity index (χ0v) is 22.2. The first kappa shape index (κ1) is 28.7. The van der Waals surface area contributed by atoms with Crippen molar-refractivity contribution >= 4 is 23.9 Å². The van der Waals surface area contributed by atoms with Crippen LogP contribution in [0.5, 0.6) is 0 Å². The van der Waals surface area contributed by atoms with E-state index in [1.54, 1.807) is 40.2 Å². The van der Waals surface area contributed by atoms with Crippen LogP contribution in [-0.2, 0) is 34.3 Å². The Labute approximate surface area is 224 Å². The van der Waals surface area contributed by atoms with Crippen LogP contribution in [0.2, 0.25) is 0 Å². The lowest BCUT2D eigenvalue weighted by atomic mass is 9.97. The van der Waals surface area contributed by atoms with E-state index in [2.05, 4.69) is 14.8 Å². The molecule has 13 nitrogen and oxygen atoms in total. The average molecular weight is 537 g/mol. The molecular formula is C26H28N6O7. The molecule has 0 unspecified atom stereocenters. The SMILES string of the molecule is COC(=O)Cc1cc(-c2cn(C)nc2COC[C@@H](C)N(C)C(=O)c2cc(C)[nH]c2C=O)cc(C#N)c1[N+](=O)[O-]. The number of H-pyrrole nitrogens is 1. The highest BCUT2D eigenvalue weighted by Crippen LogP contribution is 2.33. The van der Waals surface area contributed by atoms with Gasteiger partial charge >= 0.3 is 5.97 Å². The summed E-state index contributed by atoms with van der Waals surface area (Å²) in [5, 5.41) is 25.6. The van der Waals surface area contributed by atoms with Gasteiger partial charge in [0, 0.05) is 37.1 Å². The Morgan fingerprint density at radius 2 is 2.08 bits per heavy atom. The predicted molar refractivity (Wildman–Crippen MR) is 138 cm³/mol. The van der Waals surface area contributed by atoms with Gasteiger partial charge in [0.15, 0.2) is 6.29 Å². The zero-order valence-electron chi connectivity index (χ0n) is 22.2. The number of benzene rings is 1. The maximum absolute atomic E-state index is 12.9. The number of amides is 1. The van der Waals surface area contributed by atoms with E-state index >= 15 is 0 Å². The topological polar surface area (TPSA) is 173 Å². The van der Waals surface area contributed by atoms with Crippen LogP contribution in [0.4, 0.5) is 5.69 Å². The van der Waals surface area contributed by atoms with Gasteiger partial charge in [-0.2, -0.15) is 10.4 Å². The van der Waals surface area contributed by atoms with Crippen LogP contribution in [0, 0.1) is 28.4 Å². The maximum Gasteiger partial charge on any atom is 0.310 e. The third-order valence-electron chi connectivity index (χ3n) is 6.18. The summed E-state index contributed by atoms with van der Waals surface area (Å²) in [6.45, 7) is 3.74. The van der Waals surface area contributed by atoms with Crippen molar-refractivity contribution in [1.29, 1.82) is 5.26 Å². The predicted octanol–water partition coefficient (Wildman–Crippen LogP) is 2.71. The van der Waals surface area contributed by atoms with Crippen LogP contribution in [0.15, 0.2) is 24.4 Å². The normalized spacial score (nSPS) is 11.5. The molecule has 204 valence electrons. The molecule has 2 heterocycles. The number of rotatable bonds is 11. The summed E-state index contributed by atoms with van der Waals surface area (Å²) >= 11 is 0. The average Bonchev–Trinajstić information content (AvgIpc) is 3.48. The number of hydrogen-bond acceptors (Lipinski definition) is 9. The molecule has 0 bridgehead atoms. The standard InChI is InChI=1S/C26H28N6O7/c1-15-6-20(22(12-33)28-15)26(35)31(4)16(2)13-39-14-23-21(11-30(3)29-23)17-7-18(9-24(34)38-5)25(32(36)37)19(8-17)10-27/h6-8,11-12,16,28H,9,13-14H2,1-5H3/t16-/m1/s1. The molecule has 3 aromatic rings. The molecule has 0 saturated heterocycles. The number of aromatic nitrogens is 3. The number of aldehydes is 1. The van der Waals surface area contributed by atoms with Crippen molar-refractivity contribution in [2.75, 3.05) is 20.8 Å². The molecule has 3 rings (SSSR count). The zero-order chi connectivity index (χ0) is 28.9. The Hall–Kier alpha value is -4.83. The highest BCUT2D eigenvalue weighted by molar-refractivity contribution is 6.01. The summed E-state index contributed by atoms with van der Waals surface area (Å²) in [6.07, 6.45) is 1.90. The molecular weight excluding hydrogens is 508 g/mol. The van der Waals surface area contributed by atoms with Crippen molar-refractivity contribution in [3.63, 3.8) is 0 Å². The lowest BCUT2D eigenvalue weighted by Crippen LogP contribution is -2.38. The fourth-order valence-corrected chi connectivity index (χ4v) is 4.10. The van der Waals surface area contributed by atoms with Gasteiger partial charge in [-0.15, -0.1) is 0 Å². The summed E-state index contributed by atoms with van der Waals surface area (Å²) in [4.78, 5) is 51.4. The largest absolute Gasteiger partial charge is 0.469 e. The molecule has 0 saturated carbocycles. The number of nitro groups is 1. The second-order valence-electron chi connectivity index (χ2n) is 8.99. The highest BCUT2D eigenvalue weighted by atomic mass is 16.6. The minimum atomic E-state index is -0.695. The molecule has 0 aliphatic carbocycles. The molecule has 0 spiro atoms. The number of likely N-dealkylation sites (N-methyl/N-ethyl adjacent to an activating group) is 1. The van der Waals surface area contributed by atoms with Crippen molar-refractivity contribution in [3.8, 4) is 17.2 Å². The number of aromatic amines is 1. The van der Waals surface area contributed by atoms with Gasteiger partial charge in [-0.05, 0) is 37.6 Å². The van der Waals surface area contributed by atoms with Gasteiger partial charge in [0.25, 0.3) is 11.6 Å². The molecule has 1 amide bonds. The summed E-state index contributed by atoms with van der Waals surface area (Å²) in [7, 11) is 4.48. The molecule has 1 atom stereocenters. The minimum absolute atomic E-state index is 0.0383. The first-order valence-electron chi connectivity index (χ1n) is 11.8. The number of carbonyl (C=O) groups excluding carboxylic acids is 3. The molecule has 0 radical (unpaired) electrons. The highest BCUT2D eigenvalue weighted by Gasteiger charge is 2.26. The second kappa shape index (κ2) is 12.1. The monoisotopic (exact) mass is 536 g/mol. The first-order valence-corrected chi connectivity index (χ1v) is 11.8. The lowest BCUT2D eigenvalue weighted by molar-refractivity contribution is -0.385. The molecule has 13 heteroatoms. The summed E-state index contributed by atoms with van der Waals surface area (Å²) < 4.78 is 12.1. The molecule has 0 aliphatic rings. The number of nitrogens with zero attached hydrogens (tertiary/aromatic N) is 5. The summed E-state index contributed by atoms with van der Waals surface area (Å²) in [5.41, 5.74) is 2.07. The Morgan fingerprint density at radius 3 is 2.69 bits per heavy atom. The van der Waals surface area contributed by atoms with Gasteiger partial charge in [0.1, 0.15) is 11.6 Å². The number of carbonyl (C=O) groups is 3. The first-order chi connectivity index (χ1) is 18.5. The maximum atomic E-state index is 12.9. The molecule has 1 aromatic carbocycles. The van der Waals surface area contributed by atoms with Crippen LogP contribution < -0.4 is 0 Å². The minimum Gasteiger partial charge on any atom is -0.469 e. The Morgan fingerprint density at radius 1 is 1.36 bits per heavy atom. The quantitative estimate of drug-likeness (QED) is 0.167. The molecule has 0 fully saturated rings. The van der Waals surface area contributed by atoms with E-state index in [1.165, 1.54) is 28.8 Å². The number of hydrogen-bond donors (Lipinski definition) is 1. The van der Waals surface area contributed by atoms with E-state index in [-0.39, 0.29) is 54.0 Å². The fourth-order valence-electron chi connectivity index (χ4n) is 4.10. The Kier molecular flexibility index (Phi) is 8.95. The van der Waals surface area contributed by atoms with Crippen molar-refractivity contribution in [1.82, 2.24) is 19.7 Å². The van der Waals surface area contributed by atoms with Gasteiger partial charge in [-0.25, -0.2) is 0 Å². The molecule has 1 N–H and O–H groups in total. The van der Waals surface area contributed by atoms with Gasteiger partial charge in [0.05, 0.1) is 54.7 Å². The van der Waals surface area contributed by atoms with Gasteiger partial charge < -0.3 is 19.4 Å². The van der Waals surface area contributed by atoms with Crippen LogP contribution in [0.3, 0.4) is 0 Å². The van der Waals surface area contributed by atoms with E-state index in [4.69, 9.17) is 4.74 Å². The van der Waals surface area contributed by atoms with Crippen molar-refractivity contribution in [3.05, 3.63) is 68.3 Å². The number of aryl methyl sites for hydroxylation is 2. The van der Waals surface area contributed by atoms with E-state index in [9.17, 15) is 29.8 Å². The lowest BCUT2D eigenvalue weighted by Gasteiger charge is -2.24. The van der Waals surface area contributed by atoms with Gasteiger partial charge in [-0.3, -0.25) is 29.2 Å². The van der Waals surface area contributed by atoms with E-state index in [0.29, 0.717) is 28.8 Å². The van der Waals surface area contributed by atoms with E-state index < -0.39 is 16.6 Å². The second-order valence-corrected chi connectivity index (χ2v) is 8.99.